The topological polar surface area (TPSA) is 69.6 Å². The maximum Gasteiger partial charge on any atom is 0.239 e. The van der Waals surface area contributed by atoms with Crippen LogP contribution in [0, 0.1) is 0 Å². The van der Waals surface area contributed by atoms with E-state index in [1.807, 2.05) is 55.5 Å². The van der Waals surface area contributed by atoms with Crippen molar-refractivity contribution in [1.29, 1.82) is 0 Å². The molecule has 0 bridgehead atoms. The third kappa shape index (κ3) is 3.25. The van der Waals surface area contributed by atoms with Crippen LogP contribution in [0.25, 0.3) is 22.2 Å². The molecule has 0 saturated carbocycles. The lowest BCUT2D eigenvalue weighted by Gasteiger charge is -2.01. The molecular formula is C19H15ClN4OS. The number of benzene rings is 2. The van der Waals surface area contributed by atoms with E-state index in [1.165, 1.54) is 11.8 Å². The van der Waals surface area contributed by atoms with E-state index in [9.17, 15) is 4.79 Å². The number of thioether (sulfide) groups is 1. The number of carbonyl (C=O) groups is 1. The average molecular weight is 383 g/mol. The van der Waals surface area contributed by atoms with Gasteiger partial charge in [-0.3, -0.25) is 4.79 Å². The normalized spacial score (nSPS) is 18.9. The summed E-state index contributed by atoms with van der Waals surface area (Å²) in [5.41, 5.74) is 3.92. The fourth-order valence-electron chi connectivity index (χ4n) is 2.79. The summed E-state index contributed by atoms with van der Waals surface area (Å²) in [6, 6.07) is 15.7. The number of carbonyl (C=O) groups excluding carboxylic acids is 1. The first-order valence-corrected chi connectivity index (χ1v) is 9.33. The van der Waals surface area contributed by atoms with Crippen LogP contribution < -0.4 is 5.32 Å². The molecule has 3 aromatic rings. The highest BCUT2D eigenvalue weighted by atomic mass is 35.5. The van der Waals surface area contributed by atoms with Gasteiger partial charge in [0.15, 0.2) is 5.17 Å². The van der Waals surface area contributed by atoms with Gasteiger partial charge in [0.1, 0.15) is 0 Å². The van der Waals surface area contributed by atoms with Gasteiger partial charge in [0.2, 0.25) is 5.91 Å². The lowest BCUT2D eigenvalue weighted by Crippen LogP contribution is -2.23. The largest absolute Gasteiger partial charge is 0.354 e. The Morgan fingerprint density at radius 3 is 2.65 bits per heavy atom. The van der Waals surface area contributed by atoms with Crippen molar-refractivity contribution in [2.24, 2.45) is 10.2 Å². The minimum atomic E-state index is -0.137. The second-order valence-electron chi connectivity index (χ2n) is 5.87. The maximum absolute atomic E-state index is 11.5. The molecule has 1 fully saturated rings. The summed E-state index contributed by atoms with van der Waals surface area (Å²) >= 11 is 7.38. The van der Waals surface area contributed by atoms with Crippen molar-refractivity contribution in [1.82, 2.24) is 10.3 Å². The van der Waals surface area contributed by atoms with E-state index in [4.69, 9.17) is 11.6 Å². The lowest BCUT2D eigenvalue weighted by molar-refractivity contribution is -0.118. The SMILES string of the molecule is CC1S/C(=N\N=C\c2c(-c3ccc(Cl)cc3)[nH]c3ccccc23)NC1=O. The quantitative estimate of drug-likeness (QED) is 0.519. The molecule has 1 saturated heterocycles. The van der Waals surface area contributed by atoms with Crippen LogP contribution in [0.5, 0.6) is 0 Å². The Labute approximate surface area is 159 Å². The van der Waals surface area contributed by atoms with E-state index < -0.39 is 0 Å². The molecule has 1 atom stereocenters. The maximum atomic E-state index is 11.5. The predicted octanol–water partition coefficient (Wildman–Crippen LogP) is 4.43. The molecule has 2 heterocycles. The molecule has 26 heavy (non-hydrogen) atoms. The fraction of sp³-hybridized carbons (Fsp3) is 0.105. The Bertz CT molecular complexity index is 1040. The van der Waals surface area contributed by atoms with Crippen LogP contribution in [0.1, 0.15) is 12.5 Å². The minimum absolute atomic E-state index is 0.0436. The van der Waals surface area contributed by atoms with Crippen molar-refractivity contribution in [3.05, 3.63) is 59.1 Å². The van der Waals surface area contributed by atoms with Gasteiger partial charge in [-0.2, -0.15) is 5.10 Å². The average Bonchev–Trinajstić information content (AvgIpc) is 3.16. The second-order valence-corrected chi connectivity index (χ2v) is 7.63. The summed E-state index contributed by atoms with van der Waals surface area (Å²) in [4.78, 5) is 15.0. The molecule has 1 aliphatic rings. The number of nitrogens with one attached hydrogen (secondary N) is 2. The van der Waals surface area contributed by atoms with Crippen molar-refractivity contribution in [3.8, 4) is 11.3 Å². The molecule has 2 N–H and O–H groups in total. The Morgan fingerprint density at radius 1 is 1.15 bits per heavy atom. The molecular weight excluding hydrogens is 368 g/mol. The number of amidine groups is 1. The number of para-hydroxylation sites is 1. The van der Waals surface area contributed by atoms with Gasteiger partial charge in [0.05, 0.1) is 17.2 Å². The smallest absolute Gasteiger partial charge is 0.239 e. The number of hydrogen-bond acceptors (Lipinski definition) is 4. The van der Waals surface area contributed by atoms with Gasteiger partial charge in [-0.15, -0.1) is 5.10 Å². The number of aromatic nitrogens is 1. The molecule has 1 unspecified atom stereocenters. The number of amides is 1. The zero-order chi connectivity index (χ0) is 18.1. The molecule has 7 heteroatoms. The molecule has 1 aliphatic heterocycles. The first-order chi connectivity index (χ1) is 12.6. The Kier molecular flexibility index (Phi) is 4.53. The van der Waals surface area contributed by atoms with Crippen LogP contribution in [0.2, 0.25) is 5.02 Å². The molecule has 4 rings (SSSR count). The minimum Gasteiger partial charge on any atom is -0.354 e. The van der Waals surface area contributed by atoms with Crippen molar-refractivity contribution in [2.45, 2.75) is 12.2 Å². The van der Waals surface area contributed by atoms with E-state index in [-0.39, 0.29) is 11.2 Å². The number of halogens is 1. The third-order valence-electron chi connectivity index (χ3n) is 4.10. The van der Waals surface area contributed by atoms with Gasteiger partial charge in [-0.25, -0.2) is 0 Å². The Balaban J connectivity index is 1.74. The van der Waals surface area contributed by atoms with E-state index >= 15 is 0 Å². The summed E-state index contributed by atoms with van der Waals surface area (Å²) in [6.07, 6.45) is 1.71. The number of rotatable bonds is 3. The number of H-pyrrole nitrogens is 1. The first-order valence-electron chi connectivity index (χ1n) is 8.07. The standard InChI is InChI=1S/C19H15ClN4OS/c1-11-18(25)23-19(26-11)24-21-10-15-14-4-2-3-5-16(14)22-17(15)12-6-8-13(20)9-7-12/h2-11,22H,1H3,(H,23,24,25)/b21-10+. The van der Waals surface area contributed by atoms with Gasteiger partial charge >= 0.3 is 0 Å². The van der Waals surface area contributed by atoms with Gasteiger partial charge in [-0.1, -0.05) is 53.7 Å². The molecule has 0 radical (unpaired) electrons. The monoisotopic (exact) mass is 382 g/mol. The van der Waals surface area contributed by atoms with Crippen LogP contribution in [-0.2, 0) is 4.79 Å². The van der Waals surface area contributed by atoms with Crippen LogP contribution in [-0.4, -0.2) is 27.5 Å². The van der Waals surface area contributed by atoms with Gasteiger partial charge in [0.25, 0.3) is 0 Å². The van der Waals surface area contributed by atoms with Crippen LogP contribution in [0.15, 0.2) is 58.7 Å². The number of fused-ring (bicyclic) bond motifs is 1. The lowest BCUT2D eigenvalue weighted by atomic mass is 10.1. The summed E-state index contributed by atoms with van der Waals surface area (Å²) < 4.78 is 0. The highest BCUT2D eigenvalue weighted by Crippen LogP contribution is 2.30. The molecule has 0 spiro atoms. The second kappa shape index (κ2) is 6.97. The Morgan fingerprint density at radius 2 is 1.92 bits per heavy atom. The highest BCUT2D eigenvalue weighted by Gasteiger charge is 2.25. The van der Waals surface area contributed by atoms with E-state index in [0.717, 1.165) is 27.7 Å². The Hall–Kier alpha value is -2.57. The van der Waals surface area contributed by atoms with Crippen molar-refractivity contribution >= 4 is 51.6 Å². The van der Waals surface area contributed by atoms with Gasteiger partial charge in [0, 0.05) is 21.5 Å². The van der Waals surface area contributed by atoms with Crippen LogP contribution in [0.3, 0.4) is 0 Å². The molecule has 130 valence electrons. The van der Waals surface area contributed by atoms with E-state index in [2.05, 4.69) is 20.5 Å². The van der Waals surface area contributed by atoms with Crippen LogP contribution in [0.4, 0.5) is 0 Å². The van der Waals surface area contributed by atoms with Crippen molar-refractivity contribution in [3.63, 3.8) is 0 Å². The van der Waals surface area contributed by atoms with E-state index in [1.54, 1.807) is 6.21 Å². The van der Waals surface area contributed by atoms with Crippen molar-refractivity contribution in [2.75, 3.05) is 0 Å². The zero-order valence-electron chi connectivity index (χ0n) is 13.9. The fourth-order valence-corrected chi connectivity index (χ4v) is 3.67. The molecule has 2 aromatic carbocycles. The summed E-state index contributed by atoms with van der Waals surface area (Å²) in [6.45, 7) is 1.84. The highest BCUT2D eigenvalue weighted by molar-refractivity contribution is 8.15. The molecule has 1 aromatic heterocycles. The summed E-state index contributed by atoms with van der Waals surface area (Å²) in [7, 11) is 0. The number of nitrogens with zero attached hydrogens (tertiary/aromatic N) is 2. The van der Waals surface area contributed by atoms with Gasteiger partial charge in [-0.05, 0) is 30.7 Å². The van der Waals surface area contributed by atoms with Crippen LogP contribution >= 0.6 is 23.4 Å². The molecule has 0 aliphatic carbocycles. The van der Waals surface area contributed by atoms with Crippen molar-refractivity contribution < 1.29 is 4.79 Å². The summed E-state index contributed by atoms with van der Waals surface area (Å²) in [5.74, 6) is -0.0436. The molecule has 5 nitrogen and oxygen atoms in total. The predicted molar refractivity (Wildman–Crippen MR) is 109 cm³/mol. The van der Waals surface area contributed by atoms with E-state index in [0.29, 0.717) is 10.2 Å². The first kappa shape index (κ1) is 16.9. The zero-order valence-corrected chi connectivity index (χ0v) is 15.4. The summed E-state index contributed by atoms with van der Waals surface area (Å²) in [5, 5.41) is 13.2. The number of hydrogen-bond donors (Lipinski definition) is 2. The third-order valence-corrected chi connectivity index (χ3v) is 5.33. The van der Waals surface area contributed by atoms with Gasteiger partial charge < -0.3 is 10.3 Å². The number of aromatic amines is 1. The molecule has 1 amide bonds.